The summed E-state index contributed by atoms with van der Waals surface area (Å²) in [4.78, 5) is 12.7. The largest absolute Gasteiger partial charge is 0.466 e. The molecule has 0 spiro atoms. The quantitative estimate of drug-likeness (QED) is 0.593. The first kappa shape index (κ1) is 17.4. The summed E-state index contributed by atoms with van der Waals surface area (Å²) in [5.41, 5.74) is 0.990. The van der Waals surface area contributed by atoms with Crippen molar-refractivity contribution < 1.29 is 13.6 Å². The molecule has 0 unspecified atom stereocenters. The Labute approximate surface area is 139 Å². The molecule has 2 amide bonds. The molecule has 0 aliphatic heterocycles. The van der Waals surface area contributed by atoms with Crippen molar-refractivity contribution >= 4 is 17.8 Å². The van der Waals surface area contributed by atoms with Crippen LogP contribution in [-0.4, -0.2) is 18.3 Å². The van der Waals surface area contributed by atoms with Gasteiger partial charge in [-0.25, -0.2) is 9.18 Å². The van der Waals surface area contributed by atoms with Gasteiger partial charge in [0.1, 0.15) is 17.3 Å². The van der Waals surface area contributed by atoms with Gasteiger partial charge in [-0.1, -0.05) is 0 Å². The van der Waals surface area contributed by atoms with E-state index in [4.69, 9.17) is 4.42 Å². The van der Waals surface area contributed by atoms with Gasteiger partial charge in [0.2, 0.25) is 0 Å². The minimum absolute atomic E-state index is 0.185. The number of thioether (sulfide) groups is 1. The third kappa shape index (κ3) is 5.98. The highest BCUT2D eigenvalue weighted by atomic mass is 32.2. The van der Waals surface area contributed by atoms with E-state index in [1.807, 2.05) is 19.9 Å². The fourth-order valence-corrected chi connectivity index (χ4v) is 2.94. The monoisotopic (exact) mass is 336 g/mol. The van der Waals surface area contributed by atoms with Crippen molar-refractivity contribution in [2.24, 2.45) is 0 Å². The Kier molecular flexibility index (Phi) is 6.52. The number of halogens is 1. The molecule has 0 radical (unpaired) electrons. The van der Waals surface area contributed by atoms with Crippen molar-refractivity contribution in [2.45, 2.75) is 31.7 Å². The maximum Gasteiger partial charge on any atom is 0.315 e. The summed E-state index contributed by atoms with van der Waals surface area (Å²) in [6.07, 6.45) is 0.847. The highest BCUT2D eigenvalue weighted by molar-refractivity contribution is 7.99. The van der Waals surface area contributed by atoms with Crippen molar-refractivity contribution in [3.8, 4) is 0 Å². The molecular weight excluding hydrogens is 315 g/mol. The number of urea groups is 1. The van der Waals surface area contributed by atoms with Gasteiger partial charge in [0.15, 0.2) is 0 Å². The number of carbonyl (C=O) groups is 1. The van der Waals surface area contributed by atoms with E-state index in [-0.39, 0.29) is 11.8 Å². The smallest absolute Gasteiger partial charge is 0.315 e. The van der Waals surface area contributed by atoms with E-state index < -0.39 is 0 Å². The maximum absolute atomic E-state index is 12.8. The number of amides is 2. The van der Waals surface area contributed by atoms with Gasteiger partial charge in [0, 0.05) is 23.5 Å². The normalized spacial score (nSPS) is 10.6. The van der Waals surface area contributed by atoms with Crippen LogP contribution in [-0.2, 0) is 6.54 Å². The summed E-state index contributed by atoms with van der Waals surface area (Å²) in [7, 11) is 0. The molecule has 2 aromatic rings. The van der Waals surface area contributed by atoms with Crippen LogP contribution in [0.1, 0.15) is 23.5 Å². The van der Waals surface area contributed by atoms with Crippen LogP contribution in [0, 0.1) is 19.7 Å². The topological polar surface area (TPSA) is 54.3 Å². The molecule has 1 aromatic carbocycles. The molecule has 0 atom stereocenters. The number of furan rings is 1. The lowest BCUT2D eigenvalue weighted by atomic mass is 10.2. The number of aryl methyl sites for hydroxylation is 2. The lowest BCUT2D eigenvalue weighted by molar-refractivity contribution is 0.240. The minimum Gasteiger partial charge on any atom is -0.466 e. The molecule has 0 aliphatic rings. The Morgan fingerprint density at radius 1 is 1.22 bits per heavy atom. The van der Waals surface area contributed by atoms with Crippen molar-refractivity contribution in [3.05, 3.63) is 53.2 Å². The second kappa shape index (κ2) is 8.62. The first-order valence-corrected chi connectivity index (χ1v) is 8.49. The lowest BCUT2D eigenvalue weighted by Crippen LogP contribution is -2.35. The van der Waals surface area contributed by atoms with E-state index in [0.717, 1.165) is 34.2 Å². The lowest BCUT2D eigenvalue weighted by Gasteiger charge is -2.07. The third-order valence-corrected chi connectivity index (χ3v) is 4.37. The second-order valence-electron chi connectivity index (χ2n) is 5.20. The highest BCUT2D eigenvalue weighted by Gasteiger charge is 2.06. The number of nitrogens with one attached hydrogen (secondary N) is 2. The number of rotatable bonds is 7. The van der Waals surface area contributed by atoms with Gasteiger partial charge in [0.05, 0.1) is 0 Å². The van der Waals surface area contributed by atoms with Gasteiger partial charge in [0.25, 0.3) is 0 Å². The van der Waals surface area contributed by atoms with Crippen LogP contribution in [0.25, 0.3) is 0 Å². The molecule has 23 heavy (non-hydrogen) atoms. The average Bonchev–Trinajstić information content (AvgIpc) is 2.84. The summed E-state index contributed by atoms with van der Waals surface area (Å²) >= 11 is 1.64. The van der Waals surface area contributed by atoms with Crippen LogP contribution in [0.3, 0.4) is 0 Å². The molecule has 2 rings (SSSR count). The fourth-order valence-electron chi connectivity index (χ4n) is 2.09. The van der Waals surface area contributed by atoms with Gasteiger partial charge < -0.3 is 15.1 Å². The molecule has 4 nitrogen and oxygen atoms in total. The van der Waals surface area contributed by atoms with E-state index in [9.17, 15) is 9.18 Å². The van der Waals surface area contributed by atoms with Crippen LogP contribution >= 0.6 is 11.8 Å². The first-order valence-electron chi connectivity index (χ1n) is 7.50. The zero-order valence-corrected chi connectivity index (χ0v) is 14.1. The number of carbonyl (C=O) groups excluding carboxylic acids is 1. The molecule has 1 heterocycles. The SMILES string of the molecule is Cc1cc(CNC(=O)NCCCSc2ccc(F)cc2)c(C)o1. The summed E-state index contributed by atoms with van der Waals surface area (Å²) in [5.74, 6) is 2.32. The van der Waals surface area contributed by atoms with E-state index in [2.05, 4.69) is 10.6 Å². The molecule has 0 aliphatic carbocycles. The third-order valence-electron chi connectivity index (χ3n) is 3.27. The van der Waals surface area contributed by atoms with E-state index in [0.29, 0.717) is 13.1 Å². The molecule has 6 heteroatoms. The molecule has 0 saturated carbocycles. The summed E-state index contributed by atoms with van der Waals surface area (Å²) in [6.45, 7) is 4.83. The molecule has 124 valence electrons. The van der Waals surface area contributed by atoms with Crippen LogP contribution in [0.4, 0.5) is 9.18 Å². The van der Waals surface area contributed by atoms with E-state index in [1.165, 1.54) is 12.1 Å². The molecule has 2 N–H and O–H groups in total. The van der Waals surface area contributed by atoms with Crippen LogP contribution < -0.4 is 10.6 Å². The predicted octanol–water partition coefficient (Wildman–Crippen LogP) is 4.02. The highest BCUT2D eigenvalue weighted by Crippen LogP contribution is 2.18. The van der Waals surface area contributed by atoms with Crippen LogP contribution in [0.15, 0.2) is 39.6 Å². The summed E-state index contributed by atoms with van der Waals surface area (Å²) in [5, 5.41) is 5.63. The molecular formula is C17H21FN2O2S. The van der Waals surface area contributed by atoms with Gasteiger partial charge in [-0.2, -0.15) is 0 Å². The Morgan fingerprint density at radius 3 is 2.61 bits per heavy atom. The van der Waals surface area contributed by atoms with E-state index >= 15 is 0 Å². The zero-order chi connectivity index (χ0) is 16.7. The average molecular weight is 336 g/mol. The van der Waals surface area contributed by atoms with Crippen molar-refractivity contribution in [3.63, 3.8) is 0 Å². The van der Waals surface area contributed by atoms with Crippen molar-refractivity contribution in [1.29, 1.82) is 0 Å². The maximum atomic E-state index is 12.8. The molecule has 0 fully saturated rings. The van der Waals surface area contributed by atoms with Gasteiger partial charge >= 0.3 is 6.03 Å². The van der Waals surface area contributed by atoms with E-state index in [1.54, 1.807) is 23.9 Å². The Morgan fingerprint density at radius 2 is 1.96 bits per heavy atom. The molecule has 0 saturated heterocycles. The Hall–Kier alpha value is -1.95. The number of hydrogen-bond donors (Lipinski definition) is 2. The van der Waals surface area contributed by atoms with Gasteiger partial charge in [-0.05, 0) is 56.4 Å². The first-order chi connectivity index (χ1) is 11.0. The summed E-state index contributed by atoms with van der Waals surface area (Å²) in [6, 6.07) is 8.16. The molecule has 1 aromatic heterocycles. The Balaban J connectivity index is 1.58. The molecule has 0 bridgehead atoms. The predicted molar refractivity (Wildman–Crippen MR) is 90.2 cm³/mol. The Bertz CT molecular complexity index is 641. The van der Waals surface area contributed by atoms with Crippen molar-refractivity contribution in [2.75, 3.05) is 12.3 Å². The number of hydrogen-bond acceptors (Lipinski definition) is 3. The van der Waals surface area contributed by atoms with Crippen LogP contribution in [0.2, 0.25) is 0 Å². The standard InChI is InChI=1S/C17H21FN2O2S/c1-12-10-14(13(2)22-12)11-20-17(21)19-8-3-9-23-16-6-4-15(18)5-7-16/h4-7,10H,3,8-9,11H2,1-2H3,(H2,19,20,21). The minimum atomic E-state index is -0.226. The van der Waals surface area contributed by atoms with Gasteiger partial charge in [-0.15, -0.1) is 11.8 Å². The van der Waals surface area contributed by atoms with Gasteiger partial charge in [-0.3, -0.25) is 0 Å². The zero-order valence-electron chi connectivity index (χ0n) is 13.3. The van der Waals surface area contributed by atoms with Crippen LogP contribution in [0.5, 0.6) is 0 Å². The summed E-state index contributed by atoms with van der Waals surface area (Å²) < 4.78 is 18.2. The second-order valence-corrected chi connectivity index (χ2v) is 6.37. The fraction of sp³-hybridized carbons (Fsp3) is 0.353. The number of benzene rings is 1. The van der Waals surface area contributed by atoms with Crippen molar-refractivity contribution in [1.82, 2.24) is 10.6 Å².